The van der Waals surface area contributed by atoms with Gasteiger partial charge in [0.1, 0.15) is 0 Å². The number of nitrogen functional groups attached to an aromatic ring is 1. The summed E-state index contributed by atoms with van der Waals surface area (Å²) in [6, 6.07) is 7.57. The first kappa shape index (κ1) is 14.0. The molecule has 1 aromatic heterocycles. The fraction of sp³-hybridized carbons (Fsp3) is 0.357. The van der Waals surface area contributed by atoms with E-state index in [9.17, 15) is 4.79 Å². The molecule has 20 heavy (non-hydrogen) atoms. The number of nitrogens with zero attached hydrogens (tertiary/aromatic N) is 2. The summed E-state index contributed by atoms with van der Waals surface area (Å²) in [6.45, 7) is 2.26. The van der Waals surface area contributed by atoms with Crippen LogP contribution in [0, 0.1) is 6.92 Å². The molecule has 0 bridgehead atoms. The van der Waals surface area contributed by atoms with Crippen molar-refractivity contribution in [3.8, 4) is 0 Å². The minimum absolute atomic E-state index is 0.00339. The molecular formula is C14H18N4O2. The third kappa shape index (κ3) is 4.38. The molecule has 6 heteroatoms. The quantitative estimate of drug-likeness (QED) is 0.773. The van der Waals surface area contributed by atoms with E-state index >= 15 is 0 Å². The third-order valence-corrected chi connectivity index (χ3v) is 2.82. The van der Waals surface area contributed by atoms with Crippen molar-refractivity contribution in [1.82, 2.24) is 15.5 Å². The monoisotopic (exact) mass is 274 g/mol. The fourth-order valence-corrected chi connectivity index (χ4v) is 1.85. The van der Waals surface area contributed by atoms with E-state index in [-0.39, 0.29) is 5.91 Å². The number of amides is 1. The highest BCUT2D eigenvalue weighted by Crippen LogP contribution is 2.08. The summed E-state index contributed by atoms with van der Waals surface area (Å²) in [4.78, 5) is 15.8. The summed E-state index contributed by atoms with van der Waals surface area (Å²) in [7, 11) is 0. The Morgan fingerprint density at radius 2 is 2.25 bits per heavy atom. The largest absolute Gasteiger partial charge is 0.399 e. The van der Waals surface area contributed by atoms with E-state index in [0.29, 0.717) is 37.5 Å². The molecule has 106 valence electrons. The van der Waals surface area contributed by atoms with Crippen molar-refractivity contribution in [1.29, 1.82) is 0 Å². The number of benzene rings is 1. The van der Waals surface area contributed by atoms with E-state index in [1.165, 1.54) is 0 Å². The first-order valence-electron chi connectivity index (χ1n) is 6.54. The Bertz CT molecular complexity index is 580. The molecule has 1 amide bonds. The third-order valence-electron chi connectivity index (χ3n) is 2.82. The van der Waals surface area contributed by atoms with Gasteiger partial charge in [0.15, 0.2) is 5.82 Å². The zero-order valence-corrected chi connectivity index (χ0v) is 11.4. The minimum atomic E-state index is 0.00339. The van der Waals surface area contributed by atoms with Gasteiger partial charge in [0, 0.05) is 25.1 Å². The topological polar surface area (TPSA) is 94.0 Å². The van der Waals surface area contributed by atoms with E-state index in [1.807, 2.05) is 24.3 Å². The molecule has 0 radical (unpaired) electrons. The molecule has 6 nitrogen and oxygen atoms in total. The lowest BCUT2D eigenvalue weighted by molar-refractivity contribution is -0.121. The van der Waals surface area contributed by atoms with Gasteiger partial charge in [-0.15, -0.1) is 0 Å². The molecular weight excluding hydrogens is 256 g/mol. The predicted molar refractivity (Wildman–Crippen MR) is 74.9 cm³/mol. The predicted octanol–water partition coefficient (Wildman–Crippen LogP) is 1.25. The van der Waals surface area contributed by atoms with Crippen LogP contribution in [0.15, 0.2) is 28.8 Å². The van der Waals surface area contributed by atoms with Crippen LogP contribution in [-0.4, -0.2) is 22.6 Å². The summed E-state index contributed by atoms with van der Waals surface area (Å²) >= 11 is 0. The van der Waals surface area contributed by atoms with Crippen LogP contribution in [0.2, 0.25) is 0 Å². The van der Waals surface area contributed by atoms with Crippen LogP contribution < -0.4 is 11.1 Å². The molecule has 3 N–H and O–H groups in total. The molecule has 0 spiro atoms. The fourth-order valence-electron chi connectivity index (χ4n) is 1.85. The molecule has 0 unspecified atom stereocenters. The zero-order valence-electron chi connectivity index (χ0n) is 11.4. The highest BCUT2D eigenvalue weighted by molar-refractivity contribution is 5.76. The molecule has 0 aliphatic carbocycles. The van der Waals surface area contributed by atoms with Crippen LogP contribution in [-0.2, 0) is 17.6 Å². The normalized spacial score (nSPS) is 10.4. The maximum Gasteiger partial charge on any atom is 0.228 e. The number of aromatic nitrogens is 2. The highest BCUT2D eigenvalue weighted by atomic mass is 16.5. The van der Waals surface area contributed by atoms with Crippen LogP contribution in [0.25, 0.3) is 0 Å². The van der Waals surface area contributed by atoms with Gasteiger partial charge in [-0.05, 0) is 31.0 Å². The van der Waals surface area contributed by atoms with Crippen molar-refractivity contribution in [2.24, 2.45) is 0 Å². The Balaban J connectivity index is 1.68. The number of rotatable bonds is 6. The first-order valence-corrected chi connectivity index (χ1v) is 6.54. The van der Waals surface area contributed by atoms with Gasteiger partial charge in [0.25, 0.3) is 0 Å². The van der Waals surface area contributed by atoms with E-state index in [0.717, 1.165) is 11.3 Å². The second-order valence-electron chi connectivity index (χ2n) is 4.58. The standard InChI is InChI=1S/C14H18N4O2/c1-10-17-14(20-18-10)7-8-16-13(19)6-5-11-3-2-4-12(15)9-11/h2-4,9H,5-8,15H2,1H3,(H,16,19). The van der Waals surface area contributed by atoms with Crippen molar-refractivity contribution >= 4 is 11.6 Å². The number of carbonyl (C=O) groups is 1. The van der Waals surface area contributed by atoms with Gasteiger partial charge < -0.3 is 15.6 Å². The van der Waals surface area contributed by atoms with Gasteiger partial charge in [-0.2, -0.15) is 4.98 Å². The number of hydrogen-bond acceptors (Lipinski definition) is 5. The van der Waals surface area contributed by atoms with Crippen molar-refractivity contribution in [3.05, 3.63) is 41.5 Å². The van der Waals surface area contributed by atoms with Crippen molar-refractivity contribution in [2.45, 2.75) is 26.2 Å². The Kier molecular flexibility index (Phi) is 4.70. The SMILES string of the molecule is Cc1noc(CCNC(=O)CCc2cccc(N)c2)n1. The molecule has 0 aliphatic heterocycles. The molecule has 2 rings (SSSR count). The molecule has 0 saturated carbocycles. The van der Waals surface area contributed by atoms with Crippen LogP contribution in [0.5, 0.6) is 0 Å². The Morgan fingerprint density at radius 1 is 1.40 bits per heavy atom. The summed E-state index contributed by atoms with van der Waals surface area (Å²) in [5.74, 6) is 1.15. The summed E-state index contributed by atoms with van der Waals surface area (Å²) in [5, 5.41) is 6.52. The number of anilines is 1. The smallest absolute Gasteiger partial charge is 0.228 e. The molecule has 0 atom stereocenters. The van der Waals surface area contributed by atoms with Crippen molar-refractivity contribution in [2.75, 3.05) is 12.3 Å². The number of hydrogen-bond donors (Lipinski definition) is 2. The molecule has 2 aromatic rings. The van der Waals surface area contributed by atoms with E-state index in [2.05, 4.69) is 15.5 Å². The van der Waals surface area contributed by atoms with Gasteiger partial charge in [0.2, 0.25) is 11.8 Å². The Morgan fingerprint density at radius 3 is 2.95 bits per heavy atom. The maximum atomic E-state index is 11.7. The van der Waals surface area contributed by atoms with Gasteiger partial charge in [-0.1, -0.05) is 17.3 Å². The zero-order chi connectivity index (χ0) is 14.4. The maximum absolute atomic E-state index is 11.7. The van der Waals surface area contributed by atoms with Crippen LogP contribution in [0.3, 0.4) is 0 Å². The summed E-state index contributed by atoms with van der Waals surface area (Å²) in [6.07, 6.45) is 1.66. The van der Waals surface area contributed by atoms with Crippen LogP contribution in [0.4, 0.5) is 5.69 Å². The molecule has 0 fully saturated rings. The van der Waals surface area contributed by atoms with Gasteiger partial charge in [-0.25, -0.2) is 0 Å². The molecule has 0 saturated heterocycles. The number of aryl methyl sites for hydroxylation is 2. The van der Waals surface area contributed by atoms with Crippen LogP contribution >= 0.6 is 0 Å². The molecule has 1 aromatic carbocycles. The average molecular weight is 274 g/mol. The van der Waals surface area contributed by atoms with Gasteiger partial charge in [0.05, 0.1) is 0 Å². The molecule has 1 heterocycles. The van der Waals surface area contributed by atoms with Crippen LogP contribution in [0.1, 0.15) is 23.7 Å². The second kappa shape index (κ2) is 6.70. The Hall–Kier alpha value is -2.37. The Labute approximate surface area is 117 Å². The average Bonchev–Trinajstić information content (AvgIpc) is 2.82. The second-order valence-corrected chi connectivity index (χ2v) is 4.58. The van der Waals surface area contributed by atoms with Gasteiger partial charge in [-0.3, -0.25) is 4.79 Å². The lowest BCUT2D eigenvalue weighted by Gasteiger charge is -2.04. The van der Waals surface area contributed by atoms with E-state index < -0.39 is 0 Å². The summed E-state index contributed by atoms with van der Waals surface area (Å²) < 4.78 is 4.96. The van der Waals surface area contributed by atoms with E-state index in [1.54, 1.807) is 6.92 Å². The van der Waals surface area contributed by atoms with Gasteiger partial charge >= 0.3 is 0 Å². The molecule has 0 aliphatic rings. The number of nitrogens with one attached hydrogen (secondary N) is 1. The lowest BCUT2D eigenvalue weighted by atomic mass is 10.1. The first-order chi connectivity index (χ1) is 9.63. The number of nitrogens with two attached hydrogens (primary N) is 1. The number of carbonyl (C=O) groups excluding carboxylic acids is 1. The van der Waals surface area contributed by atoms with Crippen molar-refractivity contribution in [3.63, 3.8) is 0 Å². The van der Waals surface area contributed by atoms with E-state index in [4.69, 9.17) is 10.3 Å². The lowest BCUT2D eigenvalue weighted by Crippen LogP contribution is -2.25. The minimum Gasteiger partial charge on any atom is -0.399 e. The highest BCUT2D eigenvalue weighted by Gasteiger charge is 2.05. The summed E-state index contributed by atoms with van der Waals surface area (Å²) in [5.41, 5.74) is 7.47. The van der Waals surface area contributed by atoms with Crippen molar-refractivity contribution < 1.29 is 9.32 Å².